The van der Waals surface area contributed by atoms with Gasteiger partial charge in [-0.1, -0.05) is 67.5 Å². The van der Waals surface area contributed by atoms with Gasteiger partial charge in [0, 0.05) is 70.1 Å². The second-order valence-electron chi connectivity index (χ2n) is 19.7. The summed E-state index contributed by atoms with van der Waals surface area (Å²) >= 11 is 2.47. The van der Waals surface area contributed by atoms with Gasteiger partial charge in [-0.3, -0.25) is 34.6 Å². The molecule has 0 radical (unpaired) electrons. The number of nitrogens with zero attached hydrogens (tertiary/aromatic N) is 2. The fourth-order valence-electron chi connectivity index (χ4n) is 6.64. The molecule has 0 aliphatic heterocycles. The molecule has 14 nitrogen and oxygen atoms in total. The number of aromatic carboxylic acids is 1. The Bertz CT molecular complexity index is 2940. The first-order valence-electron chi connectivity index (χ1n) is 22.6. The molecule has 0 unspecified atom stereocenters. The lowest BCUT2D eigenvalue weighted by atomic mass is 9.91. The number of nitrogens with one attached hydrogen (secondary N) is 5. The van der Waals surface area contributed by atoms with E-state index < -0.39 is 35.3 Å². The third-order valence-electron chi connectivity index (χ3n) is 11.1. The molecule has 0 fully saturated rings. The first-order valence-corrected chi connectivity index (χ1v) is 24.4. The Labute approximate surface area is 420 Å². The molecule has 1 atom stereocenters. The van der Waals surface area contributed by atoms with Crippen molar-refractivity contribution in [2.75, 3.05) is 23.7 Å². The van der Waals surface area contributed by atoms with E-state index in [1.165, 1.54) is 72.2 Å². The van der Waals surface area contributed by atoms with Crippen molar-refractivity contribution >= 4 is 68.4 Å². The van der Waals surface area contributed by atoms with E-state index >= 15 is 4.39 Å². The summed E-state index contributed by atoms with van der Waals surface area (Å²) in [5.41, 5.74) is 2.26. The fourth-order valence-corrected chi connectivity index (χ4v) is 7.69. The van der Waals surface area contributed by atoms with E-state index in [2.05, 4.69) is 36.6 Å². The molecule has 0 aliphatic carbocycles. The van der Waals surface area contributed by atoms with Crippen LogP contribution in [0.25, 0.3) is 22.3 Å². The van der Waals surface area contributed by atoms with Gasteiger partial charge in [-0.25, -0.2) is 23.5 Å². The van der Waals surface area contributed by atoms with Crippen LogP contribution in [0.5, 0.6) is 0 Å². The SMILES string of the molecule is Cc1c(F)cc(C(=O)N[C@H](C)C(C)C)cc1-c1ccc(C(=O)NCC(C)(C)C)cc1C(=O)Nc1nccs1.Cc1c(F)cc(C(=O)O)cc1-c1ccc(C(=O)NCC(C)(C)C)cc1C(=O)Nc1nccs1. The predicted octanol–water partition coefficient (Wildman–Crippen LogP) is 11.0. The summed E-state index contributed by atoms with van der Waals surface area (Å²) in [5, 5.41) is 27.6. The number of hydrogen-bond acceptors (Lipinski definition) is 10. The predicted molar refractivity (Wildman–Crippen MR) is 276 cm³/mol. The Morgan fingerprint density at radius 1 is 0.563 bits per heavy atom. The monoisotopic (exact) mass is 1010 g/mol. The van der Waals surface area contributed by atoms with E-state index in [1.54, 1.807) is 42.1 Å². The van der Waals surface area contributed by atoms with Gasteiger partial charge in [0.05, 0.1) is 5.56 Å². The van der Waals surface area contributed by atoms with Crippen molar-refractivity contribution in [1.29, 1.82) is 0 Å². The third kappa shape index (κ3) is 14.9. The summed E-state index contributed by atoms with van der Waals surface area (Å²) in [7, 11) is 0. The number of amides is 5. The summed E-state index contributed by atoms with van der Waals surface area (Å²) in [4.78, 5) is 84.6. The Kier molecular flexibility index (Phi) is 17.9. The van der Waals surface area contributed by atoms with Crippen LogP contribution in [0.3, 0.4) is 0 Å². The highest BCUT2D eigenvalue weighted by atomic mass is 32.1. The molecule has 71 heavy (non-hydrogen) atoms. The largest absolute Gasteiger partial charge is 0.478 e. The molecule has 6 N–H and O–H groups in total. The Hall–Kier alpha value is -7.18. The zero-order valence-electron chi connectivity index (χ0n) is 41.5. The molecule has 2 heterocycles. The third-order valence-corrected chi connectivity index (χ3v) is 12.4. The van der Waals surface area contributed by atoms with Crippen molar-refractivity contribution in [3.63, 3.8) is 0 Å². The van der Waals surface area contributed by atoms with Crippen molar-refractivity contribution in [1.82, 2.24) is 25.9 Å². The maximum Gasteiger partial charge on any atom is 0.335 e. The summed E-state index contributed by atoms with van der Waals surface area (Å²) < 4.78 is 29.6. The smallest absolute Gasteiger partial charge is 0.335 e. The second-order valence-corrected chi connectivity index (χ2v) is 21.5. The quantitative estimate of drug-likeness (QED) is 0.0612. The molecule has 0 spiro atoms. The lowest BCUT2D eigenvalue weighted by molar-refractivity contribution is 0.0695. The minimum atomic E-state index is -1.29. The average Bonchev–Trinajstić information content (AvgIpc) is 4.03. The van der Waals surface area contributed by atoms with Crippen LogP contribution in [0.4, 0.5) is 19.0 Å². The highest BCUT2D eigenvalue weighted by molar-refractivity contribution is 7.14. The molecule has 5 amide bonds. The van der Waals surface area contributed by atoms with Gasteiger partial charge < -0.3 is 21.1 Å². The van der Waals surface area contributed by atoms with E-state index in [0.29, 0.717) is 45.6 Å². The number of benzene rings is 4. The summed E-state index contributed by atoms with van der Waals surface area (Å²) in [6.45, 7) is 21.8. The molecule has 6 rings (SSSR count). The second kappa shape index (κ2) is 23.2. The number of aromatic nitrogens is 2. The number of carboxylic acids is 1. The van der Waals surface area contributed by atoms with Crippen LogP contribution < -0.4 is 26.6 Å². The van der Waals surface area contributed by atoms with Gasteiger partial charge >= 0.3 is 5.97 Å². The summed E-state index contributed by atoms with van der Waals surface area (Å²) in [6, 6.07) is 14.1. The Morgan fingerprint density at radius 2 is 0.972 bits per heavy atom. The van der Waals surface area contributed by atoms with Crippen molar-refractivity contribution in [3.05, 3.63) is 140 Å². The number of carboxylic acid groups (broad SMARTS) is 1. The van der Waals surface area contributed by atoms with Gasteiger partial charge in [0.1, 0.15) is 11.6 Å². The van der Waals surface area contributed by atoms with Gasteiger partial charge in [0.25, 0.3) is 29.5 Å². The van der Waals surface area contributed by atoms with Crippen LogP contribution in [0.1, 0.15) is 136 Å². The standard InChI is InChI=1S/C29H35FN4O3S.C24H24FN3O4S/c1-16(2)18(4)33-26(36)20-13-22(17(3)24(30)14-20)21-9-8-19(25(35)32-15-29(5,6)7)12-23(21)27(37)34-28-31-10-11-38-28;1-13-17(10-15(22(31)32)11-19(13)25)16-6-5-14(20(29)27-12-24(2,3)4)9-18(16)21(30)28-23-26-7-8-33-23/h8-14,16,18H,15H2,1-7H3,(H,32,35)(H,33,36)(H,31,34,37);5-11H,12H2,1-4H3,(H,27,29)(H,31,32)(H,26,28,30)/t18-;/m1./s1. The number of halogens is 2. The van der Waals surface area contributed by atoms with E-state index in [0.717, 1.165) is 6.07 Å². The molecule has 6 aromatic rings. The first kappa shape index (κ1) is 54.8. The van der Waals surface area contributed by atoms with Gasteiger partial charge in [0.2, 0.25) is 0 Å². The lowest BCUT2D eigenvalue weighted by Gasteiger charge is -2.20. The summed E-state index contributed by atoms with van der Waals surface area (Å²) in [5.74, 6) is -4.50. The van der Waals surface area contributed by atoms with Crippen LogP contribution in [-0.4, -0.2) is 69.7 Å². The van der Waals surface area contributed by atoms with Crippen LogP contribution in [0.15, 0.2) is 83.8 Å². The molecular weight excluding hydrogens is 949 g/mol. The number of thiazole rings is 2. The normalized spacial score (nSPS) is 11.7. The van der Waals surface area contributed by atoms with Crippen LogP contribution in [0, 0.1) is 42.2 Å². The fraction of sp³-hybridized carbons (Fsp3) is 0.321. The van der Waals surface area contributed by atoms with E-state index in [9.17, 15) is 38.3 Å². The number of anilines is 2. The van der Waals surface area contributed by atoms with Crippen molar-refractivity contribution < 1.29 is 42.7 Å². The van der Waals surface area contributed by atoms with E-state index in [4.69, 9.17) is 0 Å². The minimum absolute atomic E-state index is 0.0960. The summed E-state index contributed by atoms with van der Waals surface area (Å²) in [6.07, 6.45) is 3.10. The molecular formula is C53H59F2N7O7S2. The highest BCUT2D eigenvalue weighted by Crippen LogP contribution is 2.34. The maximum atomic E-state index is 15.1. The van der Waals surface area contributed by atoms with Crippen LogP contribution in [0.2, 0.25) is 0 Å². The molecule has 2 aromatic heterocycles. The molecule has 0 saturated heterocycles. The highest BCUT2D eigenvalue weighted by Gasteiger charge is 2.25. The topological polar surface area (TPSA) is 209 Å². The molecule has 4 aromatic carbocycles. The van der Waals surface area contributed by atoms with Crippen LogP contribution in [-0.2, 0) is 0 Å². The van der Waals surface area contributed by atoms with Crippen molar-refractivity contribution in [3.8, 4) is 22.3 Å². The maximum absolute atomic E-state index is 15.1. The number of carbonyl (C=O) groups excluding carboxylic acids is 5. The van der Waals surface area contributed by atoms with Gasteiger partial charge in [-0.05, 0) is 119 Å². The minimum Gasteiger partial charge on any atom is -0.478 e. The van der Waals surface area contributed by atoms with Gasteiger partial charge in [-0.15, -0.1) is 22.7 Å². The van der Waals surface area contributed by atoms with Gasteiger partial charge in [-0.2, -0.15) is 0 Å². The van der Waals surface area contributed by atoms with Gasteiger partial charge in [0.15, 0.2) is 10.3 Å². The van der Waals surface area contributed by atoms with E-state index in [1.807, 2.05) is 62.3 Å². The Balaban J connectivity index is 0.000000267. The zero-order valence-corrected chi connectivity index (χ0v) is 43.1. The number of hydrogen-bond donors (Lipinski definition) is 6. The number of rotatable bonds is 14. The average molecular weight is 1010 g/mol. The Morgan fingerprint density at radius 3 is 1.34 bits per heavy atom. The molecule has 0 bridgehead atoms. The molecule has 374 valence electrons. The lowest BCUT2D eigenvalue weighted by Crippen LogP contribution is -2.36. The zero-order chi connectivity index (χ0) is 52.5. The van der Waals surface area contributed by atoms with E-state index in [-0.39, 0.29) is 79.1 Å². The van der Waals surface area contributed by atoms with Crippen molar-refractivity contribution in [2.45, 2.75) is 82.2 Å². The first-order chi connectivity index (χ1) is 33.2. The number of carbonyl (C=O) groups is 6. The molecule has 0 saturated carbocycles. The van der Waals surface area contributed by atoms with Crippen LogP contribution >= 0.6 is 22.7 Å². The molecule has 0 aliphatic rings. The van der Waals surface area contributed by atoms with Crippen molar-refractivity contribution in [2.24, 2.45) is 16.7 Å². The molecule has 18 heteroatoms.